The molecule has 7 nitrogen and oxygen atoms in total. The van der Waals surface area contributed by atoms with Crippen LogP contribution in [-0.4, -0.2) is 27.1 Å². The Morgan fingerprint density at radius 1 is 1.18 bits per heavy atom. The third-order valence-corrected chi connectivity index (χ3v) is 1.89. The van der Waals surface area contributed by atoms with Crippen LogP contribution in [-0.2, 0) is 9.59 Å². The Morgan fingerprint density at radius 3 is 2.06 bits per heavy atom. The maximum absolute atomic E-state index is 10.8. The predicted molar refractivity (Wildman–Crippen MR) is 56.3 cm³/mol. The molecule has 17 heavy (non-hydrogen) atoms. The van der Waals surface area contributed by atoms with Gasteiger partial charge in [0.2, 0.25) is 0 Å². The second-order valence-electron chi connectivity index (χ2n) is 3.01. The van der Waals surface area contributed by atoms with Crippen molar-refractivity contribution in [1.29, 1.82) is 0 Å². The topological polar surface area (TPSA) is 118 Å². The van der Waals surface area contributed by atoms with Gasteiger partial charge in [0, 0.05) is 18.2 Å². The van der Waals surface area contributed by atoms with Gasteiger partial charge in [-0.2, -0.15) is 0 Å². The van der Waals surface area contributed by atoms with Crippen LogP contribution in [0.1, 0.15) is 5.56 Å². The SMILES string of the molecule is O=C(O)/C=C(/C(=O)O)c1ccc([N+](=O)[O-])cc1. The van der Waals surface area contributed by atoms with Crippen LogP contribution in [0.2, 0.25) is 0 Å². The number of carboxylic acid groups (broad SMARTS) is 2. The number of hydrogen-bond acceptors (Lipinski definition) is 4. The highest BCUT2D eigenvalue weighted by Gasteiger charge is 2.13. The monoisotopic (exact) mass is 237 g/mol. The van der Waals surface area contributed by atoms with Gasteiger partial charge in [0.1, 0.15) is 0 Å². The maximum atomic E-state index is 10.8. The summed E-state index contributed by atoms with van der Waals surface area (Å²) in [6.07, 6.45) is 0.531. The van der Waals surface area contributed by atoms with Gasteiger partial charge in [0.05, 0.1) is 10.5 Å². The van der Waals surface area contributed by atoms with E-state index in [1.165, 1.54) is 12.1 Å². The number of nitro benzene ring substituents is 1. The Balaban J connectivity index is 3.17. The number of carboxylic acids is 2. The molecule has 0 fully saturated rings. The smallest absolute Gasteiger partial charge is 0.336 e. The van der Waals surface area contributed by atoms with E-state index in [1.807, 2.05) is 0 Å². The highest BCUT2D eigenvalue weighted by Crippen LogP contribution is 2.18. The minimum Gasteiger partial charge on any atom is -0.478 e. The summed E-state index contributed by atoms with van der Waals surface area (Å²) in [5, 5.41) is 27.7. The van der Waals surface area contributed by atoms with Crippen LogP contribution in [0, 0.1) is 10.1 Å². The van der Waals surface area contributed by atoms with Gasteiger partial charge < -0.3 is 10.2 Å². The summed E-state index contributed by atoms with van der Waals surface area (Å²) in [7, 11) is 0. The van der Waals surface area contributed by atoms with Crippen LogP contribution in [0.15, 0.2) is 30.3 Å². The van der Waals surface area contributed by atoms with E-state index >= 15 is 0 Å². The Labute approximate surface area is 94.8 Å². The summed E-state index contributed by atoms with van der Waals surface area (Å²) in [5.41, 5.74) is -0.549. The molecule has 0 spiro atoms. The standard InChI is InChI=1S/C10H7NO6/c12-9(13)5-8(10(14)15)6-1-3-7(4-2-6)11(16)17/h1-5H,(H,12,13)(H,14,15)/b8-5+. The van der Waals surface area contributed by atoms with Gasteiger partial charge >= 0.3 is 11.9 Å². The second kappa shape index (κ2) is 4.88. The highest BCUT2D eigenvalue weighted by molar-refractivity contribution is 6.19. The lowest BCUT2D eigenvalue weighted by atomic mass is 10.1. The van der Waals surface area contributed by atoms with Crippen molar-refractivity contribution < 1.29 is 24.7 Å². The van der Waals surface area contributed by atoms with Gasteiger partial charge in [-0.1, -0.05) is 0 Å². The van der Waals surface area contributed by atoms with E-state index in [4.69, 9.17) is 10.2 Å². The number of nitrogens with zero attached hydrogens (tertiary/aromatic N) is 1. The molecule has 1 aromatic carbocycles. The first kappa shape index (κ1) is 12.4. The first-order valence-electron chi connectivity index (χ1n) is 4.34. The van der Waals surface area contributed by atoms with E-state index in [0.29, 0.717) is 6.08 Å². The Morgan fingerprint density at radius 2 is 1.71 bits per heavy atom. The van der Waals surface area contributed by atoms with Crippen molar-refractivity contribution in [2.24, 2.45) is 0 Å². The van der Waals surface area contributed by atoms with Crippen molar-refractivity contribution in [1.82, 2.24) is 0 Å². The molecule has 0 radical (unpaired) electrons. The zero-order chi connectivity index (χ0) is 13.0. The van der Waals surface area contributed by atoms with E-state index in [1.54, 1.807) is 0 Å². The zero-order valence-corrected chi connectivity index (χ0v) is 8.36. The quantitative estimate of drug-likeness (QED) is 0.460. The maximum Gasteiger partial charge on any atom is 0.336 e. The van der Waals surface area contributed by atoms with Crippen LogP contribution in [0.25, 0.3) is 5.57 Å². The average molecular weight is 237 g/mol. The number of aliphatic carboxylic acids is 2. The normalized spacial score (nSPS) is 10.9. The van der Waals surface area contributed by atoms with E-state index in [-0.39, 0.29) is 11.3 Å². The Hall–Kier alpha value is -2.70. The summed E-state index contributed by atoms with van der Waals surface area (Å²) in [6.45, 7) is 0. The highest BCUT2D eigenvalue weighted by atomic mass is 16.6. The molecule has 0 aliphatic heterocycles. The van der Waals surface area contributed by atoms with Crippen molar-refractivity contribution in [3.05, 3.63) is 46.0 Å². The van der Waals surface area contributed by atoms with Gasteiger partial charge in [-0.3, -0.25) is 10.1 Å². The predicted octanol–water partition coefficient (Wildman–Crippen LogP) is 1.15. The third-order valence-electron chi connectivity index (χ3n) is 1.89. The average Bonchev–Trinajstić information content (AvgIpc) is 2.25. The molecule has 0 aliphatic rings. The molecule has 88 valence electrons. The number of non-ortho nitro benzene ring substituents is 1. The summed E-state index contributed by atoms with van der Waals surface area (Å²) >= 11 is 0. The van der Waals surface area contributed by atoms with Crippen molar-refractivity contribution in [3.63, 3.8) is 0 Å². The lowest BCUT2D eigenvalue weighted by Crippen LogP contribution is -2.03. The van der Waals surface area contributed by atoms with E-state index in [0.717, 1.165) is 12.1 Å². The summed E-state index contributed by atoms with van der Waals surface area (Å²) in [5.74, 6) is -2.82. The number of benzene rings is 1. The van der Waals surface area contributed by atoms with Crippen LogP contribution in [0.3, 0.4) is 0 Å². The molecule has 2 N–H and O–H groups in total. The molecule has 0 heterocycles. The molecule has 1 rings (SSSR count). The molecule has 7 heteroatoms. The van der Waals surface area contributed by atoms with Crippen molar-refractivity contribution >= 4 is 23.2 Å². The molecular formula is C10H7NO6. The molecule has 0 bridgehead atoms. The third kappa shape index (κ3) is 3.13. The number of hydrogen-bond donors (Lipinski definition) is 2. The molecule has 0 saturated heterocycles. The van der Waals surface area contributed by atoms with Gasteiger partial charge in [-0.05, 0) is 17.7 Å². The fraction of sp³-hybridized carbons (Fsp3) is 0. The van der Waals surface area contributed by atoms with Gasteiger partial charge in [0.25, 0.3) is 5.69 Å². The van der Waals surface area contributed by atoms with Gasteiger partial charge in [-0.15, -0.1) is 0 Å². The van der Waals surface area contributed by atoms with Crippen molar-refractivity contribution in [2.75, 3.05) is 0 Å². The van der Waals surface area contributed by atoms with Crippen LogP contribution >= 0.6 is 0 Å². The Bertz CT molecular complexity index is 502. The second-order valence-corrected chi connectivity index (χ2v) is 3.01. The summed E-state index contributed by atoms with van der Waals surface area (Å²) < 4.78 is 0. The number of nitro groups is 1. The molecule has 1 aromatic rings. The molecular weight excluding hydrogens is 230 g/mol. The largest absolute Gasteiger partial charge is 0.478 e. The van der Waals surface area contributed by atoms with Crippen molar-refractivity contribution in [2.45, 2.75) is 0 Å². The minimum absolute atomic E-state index is 0.0884. The molecule has 0 unspecified atom stereocenters. The zero-order valence-electron chi connectivity index (χ0n) is 8.36. The molecule has 0 aromatic heterocycles. The Kier molecular flexibility index (Phi) is 3.55. The summed E-state index contributed by atoms with van der Waals surface area (Å²) in [6, 6.07) is 4.57. The summed E-state index contributed by atoms with van der Waals surface area (Å²) in [4.78, 5) is 30.9. The van der Waals surface area contributed by atoms with E-state index < -0.39 is 22.4 Å². The fourth-order valence-electron chi connectivity index (χ4n) is 1.15. The van der Waals surface area contributed by atoms with E-state index in [9.17, 15) is 19.7 Å². The van der Waals surface area contributed by atoms with Crippen molar-refractivity contribution in [3.8, 4) is 0 Å². The van der Waals surface area contributed by atoms with Crippen LogP contribution in [0.4, 0.5) is 5.69 Å². The van der Waals surface area contributed by atoms with E-state index in [2.05, 4.69) is 0 Å². The van der Waals surface area contributed by atoms with Gasteiger partial charge in [-0.25, -0.2) is 9.59 Å². The first-order chi connectivity index (χ1) is 7.91. The lowest BCUT2D eigenvalue weighted by molar-refractivity contribution is -0.384. The first-order valence-corrected chi connectivity index (χ1v) is 4.34. The minimum atomic E-state index is -1.42. The molecule has 0 aliphatic carbocycles. The van der Waals surface area contributed by atoms with Gasteiger partial charge in [0.15, 0.2) is 0 Å². The fourth-order valence-corrected chi connectivity index (χ4v) is 1.15. The molecule has 0 amide bonds. The number of carbonyl (C=O) groups is 2. The molecule has 0 atom stereocenters. The lowest BCUT2D eigenvalue weighted by Gasteiger charge is -2.00. The molecule has 0 saturated carbocycles. The number of rotatable bonds is 4. The van der Waals surface area contributed by atoms with Crippen LogP contribution in [0.5, 0.6) is 0 Å². The van der Waals surface area contributed by atoms with Crippen LogP contribution < -0.4 is 0 Å².